The van der Waals surface area contributed by atoms with Crippen molar-refractivity contribution in [2.45, 2.75) is 58.0 Å². The summed E-state index contributed by atoms with van der Waals surface area (Å²) < 4.78 is 0. The third kappa shape index (κ3) is 3.98. The molecule has 2 rings (SSSR count). The molecule has 1 heterocycles. The lowest BCUT2D eigenvalue weighted by molar-refractivity contribution is 0.0933. The van der Waals surface area contributed by atoms with Gasteiger partial charge in [0.2, 0.25) is 0 Å². The van der Waals surface area contributed by atoms with Gasteiger partial charge in [-0.2, -0.15) is 0 Å². The van der Waals surface area contributed by atoms with Gasteiger partial charge in [0, 0.05) is 5.69 Å². The highest BCUT2D eigenvalue weighted by Crippen LogP contribution is 2.21. The Morgan fingerprint density at radius 2 is 1.74 bits per heavy atom. The maximum absolute atomic E-state index is 11.9. The molecular weight excluding hydrogens is 236 g/mol. The molecule has 0 spiro atoms. The molecule has 1 aliphatic heterocycles. The normalized spacial score (nSPS) is 17.5. The van der Waals surface area contributed by atoms with Crippen molar-refractivity contribution in [2.24, 2.45) is 0 Å². The SMILES string of the molecule is CCCCCCCCC1NC(=O)c2ccccc2N1. The maximum Gasteiger partial charge on any atom is 0.254 e. The van der Waals surface area contributed by atoms with E-state index < -0.39 is 0 Å². The van der Waals surface area contributed by atoms with Crippen molar-refractivity contribution in [1.29, 1.82) is 0 Å². The summed E-state index contributed by atoms with van der Waals surface area (Å²) in [6, 6.07) is 7.70. The summed E-state index contributed by atoms with van der Waals surface area (Å²) in [4.78, 5) is 11.9. The van der Waals surface area contributed by atoms with E-state index in [1.165, 1.54) is 38.5 Å². The van der Waals surface area contributed by atoms with E-state index >= 15 is 0 Å². The zero-order valence-corrected chi connectivity index (χ0v) is 11.7. The molecule has 3 nitrogen and oxygen atoms in total. The number of rotatable bonds is 7. The van der Waals surface area contributed by atoms with Gasteiger partial charge in [-0.15, -0.1) is 0 Å². The summed E-state index contributed by atoms with van der Waals surface area (Å²) in [6.45, 7) is 2.24. The van der Waals surface area contributed by atoms with Crippen LogP contribution in [-0.4, -0.2) is 12.1 Å². The summed E-state index contributed by atoms with van der Waals surface area (Å²) in [5, 5.41) is 6.42. The van der Waals surface area contributed by atoms with Gasteiger partial charge in [0.05, 0.1) is 11.7 Å². The lowest BCUT2D eigenvalue weighted by Crippen LogP contribution is -2.44. The molecule has 0 aromatic heterocycles. The van der Waals surface area contributed by atoms with Crippen LogP contribution in [0.25, 0.3) is 0 Å². The summed E-state index contributed by atoms with van der Waals surface area (Å²) in [6.07, 6.45) is 8.80. The molecule has 1 unspecified atom stereocenters. The van der Waals surface area contributed by atoms with Crippen molar-refractivity contribution in [2.75, 3.05) is 5.32 Å². The standard InChI is InChI=1S/C16H24N2O/c1-2-3-4-5-6-7-12-15-17-14-11-9-8-10-13(14)16(19)18-15/h8-11,15,17H,2-7,12H2,1H3,(H,18,19). The third-order valence-corrected chi connectivity index (χ3v) is 3.65. The quantitative estimate of drug-likeness (QED) is 0.730. The van der Waals surface area contributed by atoms with E-state index in [0.29, 0.717) is 0 Å². The molecule has 1 amide bonds. The summed E-state index contributed by atoms with van der Waals surface area (Å²) in [5.74, 6) is 0.0466. The van der Waals surface area contributed by atoms with E-state index in [1.54, 1.807) is 0 Å². The van der Waals surface area contributed by atoms with E-state index in [4.69, 9.17) is 0 Å². The Labute approximate surface area is 115 Å². The molecule has 0 radical (unpaired) electrons. The minimum atomic E-state index is 0.0466. The van der Waals surface area contributed by atoms with Crippen LogP contribution < -0.4 is 10.6 Å². The van der Waals surface area contributed by atoms with Crippen molar-refractivity contribution < 1.29 is 4.79 Å². The molecule has 104 valence electrons. The molecule has 2 N–H and O–H groups in total. The highest BCUT2D eigenvalue weighted by atomic mass is 16.2. The van der Waals surface area contributed by atoms with Crippen LogP contribution in [0.3, 0.4) is 0 Å². The Hall–Kier alpha value is -1.51. The fourth-order valence-corrected chi connectivity index (χ4v) is 2.54. The molecule has 0 saturated carbocycles. The van der Waals surface area contributed by atoms with Crippen LogP contribution in [0.15, 0.2) is 24.3 Å². The van der Waals surface area contributed by atoms with Gasteiger partial charge in [-0.05, 0) is 25.0 Å². The van der Waals surface area contributed by atoms with E-state index in [1.807, 2.05) is 24.3 Å². The highest BCUT2D eigenvalue weighted by molar-refractivity contribution is 6.01. The largest absolute Gasteiger partial charge is 0.365 e. The Morgan fingerprint density at radius 1 is 1.00 bits per heavy atom. The second-order valence-electron chi connectivity index (χ2n) is 5.27. The fraction of sp³-hybridized carbons (Fsp3) is 0.562. The van der Waals surface area contributed by atoms with Crippen LogP contribution in [-0.2, 0) is 0 Å². The van der Waals surface area contributed by atoms with E-state index in [9.17, 15) is 4.79 Å². The van der Waals surface area contributed by atoms with Crippen LogP contribution >= 0.6 is 0 Å². The van der Waals surface area contributed by atoms with Crippen LogP contribution in [0.2, 0.25) is 0 Å². The third-order valence-electron chi connectivity index (χ3n) is 3.65. The summed E-state index contributed by atoms with van der Waals surface area (Å²) in [5.41, 5.74) is 1.71. The van der Waals surface area contributed by atoms with Gasteiger partial charge in [-0.25, -0.2) is 0 Å². The molecule has 0 aliphatic carbocycles. The maximum atomic E-state index is 11.9. The minimum Gasteiger partial charge on any atom is -0.365 e. The number of anilines is 1. The smallest absolute Gasteiger partial charge is 0.254 e. The molecule has 1 aromatic carbocycles. The number of benzene rings is 1. The molecule has 3 heteroatoms. The van der Waals surface area contributed by atoms with Crippen LogP contribution in [0.4, 0.5) is 5.69 Å². The second-order valence-corrected chi connectivity index (χ2v) is 5.27. The van der Waals surface area contributed by atoms with Crippen molar-refractivity contribution in [1.82, 2.24) is 5.32 Å². The van der Waals surface area contributed by atoms with Gasteiger partial charge >= 0.3 is 0 Å². The molecule has 0 saturated heterocycles. The number of unbranched alkanes of at least 4 members (excludes halogenated alkanes) is 5. The molecule has 1 atom stereocenters. The van der Waals surface area contributed by atoms with Crippen molar-refractivity contribution in [3.05, 3.63) is 29.8 Å². The van der Waals surface area contributed by atoms with E-state index in [2.05, 4.69) is 17.6 Å². The first-order valence-corrected chi connectivity index (χ1v) is 7.47. The first kappa shape index (κ1) is 13.9. The molecular formula is C16H24N2O. The fourth-order valence-electron chi connectivity index (χ4n) is 2.54. The lowest BCUT2D eigenvalue weighted by Gasteiger charge is -2.27. The summed E-state index contributed by atoms with van der Waals surface area (Å²) >= 11 is 0. The highest BCUT2D eigenvalue weighted by Gasteiger charge is 2.22. The summed E-state index contributed by atoms with van der Waals surface area (Å²) in [7, 11) is 0. The Kier molecular flexibility index (Phi) is 5.25. The minimum absolute atomic E-state index is 0.0466. The van der Waals surface area contributed by atoms with Crippen molar-refractivity contribution in [3.8, 4) is 0 Å². The predicted molar refractivity (Wildman–Crippen MR) is 79.3 cm³/mol. The number of hydrogen-bond donors (Lipinski definition) is 2. The van der Waals surface area contributed by atoms with E-state index in [-0.39, 0.29) is 12.1 Å². The number of nitrogens with one attached hydrogen (secondary N) is 2. The van der Waals surface area contributed by atoms with Gasteiger partial charge in [-0.1, -0.05) is 51.2 Å². The van der Waals surface area contributed by atoms with Crippen molar-refractivity contribution in [3.63, 3.8) is 0 Å². The van der Waals surface area contributed by atoms with Crippen LogP contribution in [0.5, 0.6) is 0 Å². The zero-order chi connectivity index (χ0) is 13.5. The molecule has 1 aliphatic rings. The number of carbonyl (C=O) groups is 1. The van der Waals surface area contributed by atoms with Gasteiger partial charge in [0.15, 0.2) is 0 Å². The van der Waals surface area contributed by atoms with Crippen molar-refractivity contribution >= 4 is 11.6 Å². The van der Waals surface area contributed by atoms with E-state index in [0.717, 1.165) is 17.7 Å². The molecule has 0 fully saturated rings. The van der Waals surface area contributed by atoms with Gasteiger partial charge in [-0.3, -0.25) is 4.79 Å². The average molecular weight is 260 g/mol. The topological polar surface area (TPSA) is 41.1 Å². The van der Waals surface area contributed by atoms with Gasteiger partial charge < -0.3 is 10.6 Å². The number of hydrogen-bond acceptors (Lipinski definition) is 2. The lowest BCUT2D eigenvalue weighted by atomic mass is 10.1. The number of para-hydroxylation sites is 1. The van der Waals surface area contributed by atoms with Gasteiger partial charge in [0.1, 0.15) is 0 Å². The number of carbonyl (C=O) groups excluding carboxylic acids is 1. The van der Waals surface area contributed by atoms with Gasteiger partial charge in [0.25, 0.3) is 5.91 Å². The average Bonchev–Trinajstić information content (AvgIpc) is 2.43. The second kappa shape index (κ2) is 7.17. The Balaban J connectivity index is 1.74. The number of amides is 1. The Morgan fingerprint density at radius 3 is 2.58 bits per heavy atom. The first-order chi connectivity index (χ1) is 9.31. The molecule has 1 aromatic rings. The monoisotopic (exact) mass is 260 g/mol. The molecule has 19 heavy (non-hydrogen) atoms. The number of fused-ring (bicyclic) bond motifs is 1. The molecule has 0 bridgehead atoms. The van der Waals surface area contributed by atoms with Crippen LogP contribution in [0, 0.1) is 0 Å². The Bertz CT molecular complexity index is 417. The zero-order valence-electron chi connectivity index (χ0n) is 11.7. The first-order valence-electron chi connectivity index (χ1n) is 7.47. The van der Waals surface area contributed by atoms with Crippen LogP contribution in [0.1, 0.15) is 62.2 Å². The predicted octanol–water partition coefficient (Wildman–Crippen LogP) is 3.92.